The summed E-state index contributed by atoms with van der Waals surface area (Å²) in [5, 5.41) is 11.0. The van der Waals surface area contributed by atoms with Gasteiger partial charge in [0.2, 0.25) is 0 Å². The predicted molar refractivity (Wildman–Crippen MR) is 106 cm³/mol. The summed E-state index contributed by atoms with van der Waals surface area (Å²) in [7, 11) is 1.69. The molecule has 0 aliphatic heterocycles. The zero-order valence-corrected chi connectivity index (χ0v) is 16.5. The van der Waals surface area contributed by atoms with Crippen LogP contribution in [0.5, 0.6) is 5.75 Å². The average Bonchev–Trinajstić information content (AvgIpc) is 3.13. The third-order valence-electron chi connectivity index (χ3n) is 4.17. The number of aromatic nitrogens is 1. The van der Waals surface area contributed by atoms with Crippen molar-refractivity contribution in [2.45, 2.75) is 40.2 Å². The monoisotopic (exact) mass is 360 g/mol. The lowest BCUT2D eigenvalue weighted by Gasteiger charge is -2.16. The van der Waals surface area contributed by atoms with Crippen LogP contribution in [-0.2, 0) is 6.54 Å². The molecule has 1 unspecified atom stereocenters. The van der Waals surface area contributed by atoms with Crippen LogP contribution in [0.4, 0.5) is 0 Å². The first-order chi connectivity index (χ1) is 12.1. The zero-order chi connectivity index (χ0) is 18.2. The Bertz CT molecular complexity index is 698. The Labute approximate surface area is 154 Å². The van der Waals surface area contributed by atoms with Gasteiger partial charge in [0, 0.05) is 30.4 Å². The molecule has 6 heteroatoms. The van der Waals surface area contributed by atoms with Crippen LogP contribution in [0, 0.1) is 13.8 Å². The highest BCUT2D eigenvalue weighted by atomic mass is 32.1. The van der Waals surface area contributed by atoms with Gasteiger partial charge in [-0.1, -0.05) is 6.92 Å². The maximum atomic E-state index is 5.47. The molecule has 0 amide bonds. The van der Waals surface area contributed by atoms with Crippen molar-refractivity contribution in [3.05, 3.63) is 45.4 Å². The fourth-order valence-electron chi connectivity index (χ4n) is 2.65. The summed E-state index contributed by atoms with van der Waals surface area (Å²) in [6.07, 6.45) is 1.84. The molecule has 0 aliphatic rings. The van der Waals surface area contributed by atoms with Gasteiger partial charge in [0.1, 0.15) is 5.75 Å². The number of hydrogen-bond acceptors (Lipinski definition) is 4. The number of ether oxygens (including phenoxy) is 1. The highest BCUT2D eigenvalue weighted by molar-refractivity contribution is 7.07. The number of nitrogens with zero attached hydrogens (tertiary/aromatic N) is 2. The number of hydrogen-bond donors (Lipinski definition) is 2. The largest absolute Gasteiger partial charge is 0.496 e. The SMILES string of the molecule is CCNC(=NCc1ncc(C)c(OC)c1C)NCC(C)c1ccsc1. The molecule has 2 aromatic rings. The van der Waals surface area contributed by atoms with Gasteiger partial charge in [0.25, 0.3) is 0 Å². The maximum Gasteiger partial charge on any atom is 0.191 e. The number of rotatable bonds is 7. The van der Waals surface area contributed by atoms with Crippen molar-refractivity contribution in [2.75, 3.05) is 20.2 Å². The summed E-state index contributed by atoms with van der Waals surface area (Å²) in [4.78, 5) is 9.19. The molecule has 2 N–H and O–H groups in total. The van der Waals surface area contributed by atoms with Crippen LogP contribution in [-0.4, -0.2) is 31.1 Å². The van der Waals surface area contributed by atoms with Gasteiger partial charge in [-0.2, -0.15) is 11.3 Å². The van der Waals surface area contributed by atoms with Gasteiger partial charge in [0.05, 0.1) is 19.3 Å². The quantitative estimate of drug-likeness (QED) is 0.585. The van der Waals surface area contributed by atoms with E-state index in [9.17, 15) is 0 Å². The molecule has 5 nitrogen and oxygen atoms in total. The van der Waals surface area contributed by atoms with E-state index in [1.54, 1.807) is 18.4 Å². The van der Waals surface area contributed by atoms with Crippen molar-refractivity contribution < 1.29 is 4.74 Å². The van der Waals surface area contributed by atoms with E-state index in [-0.39, 0.29) is 0 Å². The molecule has 2 heterocycles. The summed E-state index contributed by atoms with van der Waals surface area (Å²) >= 11 is 1.73. The van der Waals surface area contributed by atoms with Crippen molar-refractivity contribution in [1.29, 1.82) is 0 Å². The Morgan fingerprint density at radius 1 is 1.36 bits per heavy atom. The molecule has 25 heavy (non-hydrogen) atoms. The number of methoxy groups -OCH3 is 1. The molecule has 0 spiro atoms. The van der Waals surface area contributed by atoms with E-state index in [1.807, 2.05) is 20.0 Å². The van der Waals surface area contributed by atoms with Crippen molar-refractivity contribution in [3.8, 4) is 5.75 Å². The van der Waals surface area contributed by atoms with Gasteiger partial charge in [-0.05, 0) is 49.1 Å². The highest BCUT2D eigenvalue weighted by Crippen LogP contribution is 2.24. The molecule has 0 saturated carbocycles. The van der Waals surface area contributed by atoms with E-state index < -0.39 is 0 Å². The molecule has 2 aromatic heterocycles. The Morgan fingerprint density at radius 3 is 2.80 bits per heavy atom. The lowest BCUT2D eigenvalue weighted by Crippen LogP contribution is -2.39. The van der Waals surface area contributed by atoms with Gasteiger partial charge in [0.15, 0.2) is 5.96 Å². The molecular formula is C19H28N4OS. The van der Waals surface area contributed by atoms with Crippen molar-refractivity contribution >= 4 is 17.3 Å². The zero-order valence-electron chi connectivity index (χ0n) is 15.7. The van der Waals surface area contributed by atoms with Crippen LogP contribution in [0.15, 0.2) is 28.0 Å². The minimum absolute atomic E-state index is 0.439. The molecule has 0 aromatic carbocycles. The lowest BCUT2D eigenvalue weighted by atomic mass is 10.1. The molecule has 0 saturated heterocycles. The van der Waals surface area contributed by atoms with Crippen molar-refractivity contribution in [1.82, 2.24) is 15.6 Å². The number of aryl methyl sites for hydroxylation is 1. The molecule has 2 rings (SSSR count). The first-order valence-corrected chi connectivity index (χ1v) is 9.54. The highest BCUT2D eigenvalue weighted by Gasteiger charge is 2.10. The van der Waals surface area contributed by atoms with Gasteiger partial charge in [-0.25, -0.2) is 4.99 Å². The second kappa shape index (κ2) is 9.42. The van der Waals surface area contributed by atoms with E-state index in [4.69, 9.17) is 4.74 Å². The molecule has 1 atom stereocenters. The van der Waals surface area contributed by atoms with Crippen LogP contribution >= 0.6 is 11.3 Å². The van der Waals surface area contributed by atoms with E-state index in [2.05, 4.69) is 51.3 Å². The maximum absolute atomic E-state index is 5.47. The van der Waals surface area contributed by atoms with Crippen LogP contribution in [0.3, 0.4) is 0 Å². The third-order valence-corrected chi connectivity index (χ3v) is 4.87. The summed E-state index contributed by atoms with van der Waals surface area (Å²) in [5.41, 5.74) is 4.38. The number of nitrogens with one attached hydrogen (secondary N) is 2. The van der Waals surface area contributed by atoms with Crippen LogP contribution < -0.4 is 15.4 Å². The van der Waals surface area contributed by atoms with Crippen molar-refractivity contribution in [3.63, 3.8) is 0 Å². The van der Waals surface area contributed by atoms with E-state index in [1.165, 1.54) is 5.56 Å². The minimum atomic E-state index is 0.439. The van der Waals surface area contributed by atoms with Gasteiger partial charge in [-0.15, -0.1) is 0 Å². The standard InChI is InChI=1S/C19H28N4OS/c1-6-20-19(22-9-13(2)16-7-8-25-12-16)23-11-17-15(4)18(24-5)14(3)10-21-17/h7-8,10,12-13H,6,9,11H2,1-5H3,(H2,20,22,23). The van der Waals surface area contributed by atoms with E-state index in [0.717, 1.165) is 41.6 Å². The normalized spacial score (nSPS) is 12.8. The number of aliphatic imine (C=N–C) groups is 1. The van der Waals surface area contributed by atoms with Gasteiger partial charge < -0.3 is 15.4 Å². The summed E-state index contributed by atoms with van der Waals surface area (Å²) in [5.74, 6) is 2.14. The topological polar surface area (TPSA) is 58.5 Å². The average molecular weight is 361 g/mol. The second-order valence-corrected chi connectivity index (χ2v) is 6.86. The number of pyridine rings is 1. The summed E-state index contributed by atoms with van der Waals surface area (Å²) in [6.45, 7) is 10.5. The smallest absolute Gasteiger partial charge is 0.191 e. The molecular weight excluding hydrogens is 332 g/mol. The molecule has 0 aliphatic carbocycles. The fraction of sp³-hybridized carbons (Fsp3) is 0.474. The Hall–Kier alpha value is -2.08. The summed E-state index contributed by atoms with van der Waals surface area (Å²) < 4.78 is 5.47. The van der Waals surface area contributed by atoms with E-state index >= 15 is 0 Å². The number of thiophene rings is 1. The lowest BCUT2D eigenvalue weighted by molar-refractivity contribution is 0.407. The van der Waals surface area contributed by atoms with Crippen LogP contribution in [0.1, 0.15) is 42.1 Å². The van der Waals surface area contributed by atoms with Gasteiger partial charge in [-0.3, -0.25) is 4.98 Å². The molecule has 136 valence electrons. The van der Waals surface area contributed by atoms with Crippen LogP contribution in [0.2, 0.25) is 0 Å². The Kier molecular flexibility index (Phi) is 7.25. The Balaban J connectivity index is 2.04. The first kappa shape index (κ1) is 19.2. The first-order valence-electron chi connectivity index (χ1n) is 8.60. The third kappa shape index (κ3) is 5.19. The van der Waals surface area contributed by atoms with Gasteiger partial charge >= 0.3 is 0 Å². The molecule has 0 fully saturated rings. The van der Waals surface area contributed by atoms with Crippen molar-refractivity contribution in [2.24, 2.45) is 4.99 Å². The van der Waals surface area contributed by atoms with E-state index in [0.29, 0.717) is 12.5 Å². The summed E-state index contributed by atoms with van der Waals surface area (Å²) in [6, 6.07) is 2.17. The molecule has 0 radical (unpaired) electrons. The number of guanidine groups is 1. The van der Waals surface area contributed by atoms with Crippen LogP contribution in [0.25, 0.3) is 0 Å². The predicted octanol–water partition coefficient (Wildman–Crippen LogP) is 3.63. The Morgan fingerprint density at radius 2 is 2.16 bits per heavy atom. The minimum Gasteiger partial charge on any atom is -0.496 e. The molecule has 0 bridgehead atoms. The second-order valence-electron chi connectivity index (χ2n) is 6.08. The fourth-order valence-corrected chi connectivity index (χ4v) is 3.43.